The van der Waals surface area contributed by atoms with Crippen LogP contribution < -0.4 is 11.2 Å². The van der Waals surface area contributed by atoms with E-state index in [9.17, 15) is 20.0 Å². The Bertz CT molecular complexity index is 1200. The number of aromatic nitrogens is 5. The lowest BCUT2D eigenvalue weighted by Gasteiger charge is -2.25. The topological polar surface area (TPSA) is 213 Å². The first kappa shape index (κ1) is 21.8. The Morgan fingerprint density at radius 3 is 2.85 bits per heavy atom. The summed E-state index contributed by atoms with van der Waals surface area (Å²) in [7, 11) is 0. The highest BCUT2D eigenvalue weighted by Crippen LogP contribution is 2.21. The molecule has 0 radical (unpaired) electrons. The number of carbonyl (C=O) groups is 1. The minimum Gasteiger partial charge on any atom is -0.507 e. The predicted molar refractivity (Wildman–Crippen MR) is 110 cm³/mol. The maximum atomic E-state index is 13.0. The Labute approximate surface area is 184 Å². The summed E-state index contributed by atoms with van der Waals surface area (Å²) in [5.74, 6) is -1.09. The summed E-state index contributed by atoms with van der Waals surface area (Å²) >= 11 is 0. The lowest BCUT2D eigenvalue weighted by molar-refractivity contribution is -0.384. The maximum Gasteiger partial charge on any atom is 0.292 e. The molecule has 16 nitrogen and oxygen atoms in total. The van der Waals surface area contributed by atoms with Gasteiger partial charge in [-0.2, -0.15) is 9.78 Å². The Kier molecular flexibility index (Phi) is 6.18. The van der Waals surface area contributed by atoms with Gasteiger partial charge >= 0.3 is 0 Å². The van der Waals surface area contributed by atoms with Crippen LogP contribution in [0.25, 0.3) is 5.82 Å². The van der Waals surface area contributed by atoms with E-state index in [2.05, 4.69) is 35.8 Å². The number of hydrazone groups is 1. The zero-order valence-electron chi connectivity index (χ0n) is 17.0. The molecular formula is C17H18N10O6. The standard InChI is InChI=1S/C17H18N10O6/c18-15-16(23-33-22-15)26-14(12(20-24-26)9-25-3-5-32-6-4-25)17(29)21-19-8-10-7-11(27(30)31)1-2-13(10)28/h1-2,7-8,28H,3-6,9H2,(H2,18,22)(H,21,29)/b19-8-. The fraction of sp³-hybridized carbons (Fsp3) is 0.294. The van der Waals surface area contributed by atoms with Gasteiger partial charge in [-0.1, -0.05) is 5.21 Å². The van der Waals surface area contributed by atoms with Crippen molar-refractivity contribution in [2.45, 2.75) is 6.54 Å². The summed E-state index contributed by atoms with van der Waals surface area (Å²) in [6.45, 7) is 2.68. The molecule has 0 spiro atoms. The molecule has 1 amide bonds. The van der Waals surface area contributed by atoms with Crippen molar-refractivity contribution in [3.8, 4) is 11.6 Å². The van der Waals surface area contributed by atoms with Crippen molar-refractivity contribution in [2.24, 2.45) is 5.10 Å². The average molecular weight is 458 g/mol. The molecule has 1 fully saturated rings. The number of nitrogens with one attached hydrogen (secondary N) is 1. The lowest BCUT2D eigenvalue weighted by atomic mass is 10.2. The number of phenolic OH excluding ortho intramolecular Hbond substituents is 1. The van der Waals surface area contributed by atoms with Crippen LogP contribution in [0.5, 0.6) is 5.75 Å². The first-order valence-electron chi connectivity index (χ1n) is 9.58. The van der Waals surface area contributed by atoms with Gasteiger partial charge < -0.3 is 15.6 Å². The number of nitro groups is 1. The van der Waals surface area contributed by atoms with Crippen molar-refractivity contribution >= 4 is 23.6 Å². The molecule has 0 bridgehead atoms. The Balaban J connectivity index is 1.59. The summed E-state index contributed by atoms with van der Waals surface area (Å²) in [5.41, 5.74) is 8.14. The summed E-state index contributed by atoms with van der Waals surface area (Å²) in [4.78, 5) is 25.3. The van der Waals surface area contributed by atoms with Gasteiger partial charge in [0, 0.05) is 37.3 Å². The molecule has 1 aromatic carbocycles. The van der Waals surface area contributed by atoms with Gasteiger partial charge in [0.2, 0.25) is 11.6 Å². The number of morpholine rings is 1. The number of hydrogen-bond acceptors (Lipinski definition) is 13. The van der Waals surface area contributed by atoms with Gasteiger partial charge in [0.15, 0.2) is 5.69 Å². The SMILES string of the molecule is Nc1nonc1-n1nnc(CN2CCOCC2)c1C(=O)N/N=C\c1cc([N+](=O)[O-])ccc1O. The highest BCUT2D eigenvalue weighted by Gasteiger charge is 2.26. The molecule has 3 aromatic rings. The third-order valence-electron chi connectivity index (χ3n) is 4.72. The van der Waals surface area contributed by atoms with E-state index in [0.29, 0.717) is 38.5 Å². The van der Waals surface area contributed by atoms with Gasteiger partial charge in [-0.15, -0.1) is 5.10 Å². The van der Waals surface area contributed by atoms with Crippen molar-refractivity contribution in [3.63, 3.8) is 0 Å². The summed E-state index contributed by atoms with van der Waals surface area (Å²) < 4.78 is 11.0. The average Bonchev–Trinajstić information content (AvgIpc) is 3.41. The second kappa shape index (κ2) is 9.37. The van der Waals surface area contributed by atoms with E-state index in [-0.39, 0.29) is 34.3 Å². The van der Waals surface area contributed by atoms with E-state index in [1.165, 1.54) is 0 Å². The van der Waals surface area contributed by atoms with Crippen LogP contribution in [0.15, 0.2) is 27.9 Å². The Morgan fingerprint density at radius 1 is 1.36 bits per heavy atom. The highest BCUT2D eigenvalue weighted by molar-refractivity contribution is 5.95. The number of nitrogen functional groups attached to an aromatic ring is 1. The molecule has 0 saturated carbocycles. The van der Waals surface area contributed by atoms with Gasteiger partial charge in [-0.05, 0) is 16.4 Å². The van der Waals surface area contributed by atoms with Crippen molar-refractivity contribution in [3.05, 3.63) is 45.3 Å². The lowest BCUT2D eigenvalue weighted by Crippen LogP contribution is -2.36. The Morgan fingerprint density at radius 2 is 2.15 bits per heavy atom. The van der Waals surface area contributed by atoms with Crippen LogP contribution in [0.2, 0.25) is 0 Å². The number of nitro benzene ring substituents is 1. The number of phenols is 1. The largest absolute Gasteiger partial charge is 0.507 e. The van der Waals surface area contributed by atoms with Crippen LogP contribution in [0.3, 0.4) is 0 Å². The number of aromatic hydroxyl groups is 1. The number of carbonyl (C=O) groups excluding carboxylic acids is 1. The molecule has 2 aromatic heterocycles. The van der Waals surface area contributed by atoms with E-state index < -0.39 is 10.8 Å². The number of ether oxygens (including phenoxy) is 1. The third kappa shape index (κ3) is 4.75. The second-order valence-corrected chi connectivity index (χ2v) is 6.86. The van der Waals surface area contributed by atoms with Crippen LogP contribution in [-0.4, -0.2) is 78.7 Å². The molecular weight excluding hydrogens is 440 g/mol. The van der Waals surface area contributed by atoms with Gasteiger partial charge in [-0.25, -0.2) is 10.1 Å². The van der Waals surface area contributed by atoms with Crippen LogP contribution in [-0.2, 0) is 11.3 Å². The molecule has 16 heteroatoms. The Hall–Kier alpha value is -4.44. The molecule has 0 aliphatic carbocycles. The smallest absolute Gasteiger partial charge is 0.292 e. The van der Waals surface area contributed by atoms with E-state index in [1.807, 2.05) is 4.90 Å². The highest BCUT2D eigenvalue weighted by atomic mass is 16.6. The molecule has 0 atom stereocenters. The number of amides is 1. The number of benzene rings is 1. The predicted octanol–water partition coefficient (Wildman–Crippen LogP) is -0.558. The molecule has 0 unspecified atom stereocenters. The minimum absolute atomic E-state index is 0.00990. The summed E-state index contributed by atoms with van der Waals surface area (Å²) in [6, 6.07) is 3.41. The molecule has 4 rings (SSSR count). The monoisotopic (exact) mass is 458 g/mol. The van der Waals surface area contributed by atoms with Gasteiger partial charge in [0.1, 0.15) is 11.4 Å². The number of anilines is 1. The molecule has 1 saturated heterocycles. The molecule has 3 heterocycles. The molecule has 1 aliphatic heterocycles. The zero-order chi connectivity index (χ0) is 23.4. The van der Waals surface area contributed by atoms with Crippen LogP contribution in [0.1, 0.15) is 21.7 Å². The number of hydrogen-bond donors (Lipinski definition) is 3. The summed E-state index contributed by atoms with van der Waals surface area (Å²) in [5, 5.41) is 39.8. The number of nitrogens with two attached hydrogens (primary N) is 1. The van der Waals surface area contributed by atoms with E-state index in [0.717, 1.165) is 29.1 Å². The molecule has 172 valence electrons. The summed E-state index contributed by atoms with van der Waals surface area (Å²) in [6.07, 6.45) is 1.07. The van der Waals surface area contributed by atoms with Crippen molar-refractivity contribution in [1.29, 1.82) is 0 Å². The molecule has 4 N–H and O–H groups in total. The normalized spacial score (nSPS) is 14.5. The van der Waals surface area contributed by atoms with E-state index >= 15 is 0 Å². The van der Waals surface area contributed by atoms with Gasteiger partial charge in [-0.3, -0.25) is 19.8 Å². The van der Waals surface area contributed by atoms with Crippen molar-refractivity contribution < 1.29 is 24.2 Å². The minimum atomic E-state index is -0.716. The molecule has 33 heavy (non-hydrogen) atoms. The van der Waals surface area contributed by atoms with Crippen LogP contribution in [0, 0.1) is 10.1 Å². The first-order chi connectivity index (χ1) is 15.9. The van der Waals surface area contributed by atoms with Gasteiger partial charge in [0.25, 0.3) is 11.6 Å². The first-order valence-corrected chi connectivity index (χ1v) is 9.58. The van der Waals surface area contributed by atoms with Crippen molar-refractivity contribution in [1.82, 2.24) is 35.6 Å². The third-order valence-corrected chi connectivity index (χ3v) is 4.72. The number of nitrogens with zero attached hydrogens (tertiary/aromatic N) is 8. The quantitative estimate of drug-likeness (QED) is 0.231. The van der Waals surface area contributed by atoms with E-state index in [4.69, 9.17) is 10.5 Å². The van der Waals surface area contributed by atoms with E-state index in [1.54, 1.807) is 0 Å². The number of non-ortho nitro benzene ring substituents is 1. The van der Waals surface area contributed by atoms with Crippen LogP contribution in [0.4, 0.5) is 11.5 Å². The van der Waals surface area contributed by atoms with Crippen LogP contribution >= 0.6 is 0 Å². The van der Waals surface area contributed by atoms with Gasteiger partial charge in [0.05, 0.1) is 24.4 Å². The fourth-order valence-electron chi connectivity index (χ4n) is 3.08. The second-order valence-electron chi connectivity index (χ2n) is 6.86. The number of rotatable bonds is 7. The molecule has 1 aliphatic rings. The zero-order valence-corrected chi connectivity index (χ0v) is 17.0. The van der Waals surface area contributed by atoms with Crippen molar-refractivity contribution in [2.75, 3.05) is 32.0 Å². The fourth-order valence-corrected chi connectivity index (χ4v) is 3.08. The maximum absolute atomic E-state index is 13.0.